The van der Waals surface area contributed by atoms with Crippen LogP contribution >= 0.6 is 24.0 Å². The smallest absolute Gasteiger partial charge is 0.328 e. The van der Waals surface area contributed by atoms with E-state index in [2.05, 4.69) is 36.7 Å². The first-order chi connectivity index (χ1) is 27.2. The first kappa shape index (κ1) is 40.2. The van der Waals surface area contributed by atoms with E-state index in [-0.39, 0.29) is 48.8 Å². The van der Waals surface area contributed by atoms with Crippen LogP contribution in [0.1, 0.15) is 73.5 Å². The third-order valence-corrected chi connectivity index (χ3v) is 12.1. The molecule has 4 amide bonds. The molecule has 5 heterocycles. The third-order valence-electron chi connectivity index (χ3n) is 11.7. The average Bonchev–Trinajstić information content (AvgIpc) is 3.64. The Morgan fingerprint density at radius 3 is 2.49 bits per heavy atom. The summed E-state index contributed by atoms with van der Waals surface area (Å²) in [7, 11) is 0. The molecule has 2 aromatic heterocycles. The molecule has 2 aromatic carbocycles. The second-order valence-electron chi connectivity index (χ2n) is 15.3. The first-order valence-electron chi connectivity index (χ1n) is 19.6. The van der Waals surface area contributed by atoms with Crippen LogP contribution in [0.15, 0.2) is 60.8 Å². The van der Waals surface area contributed by atoms with Crippen molar-refractivity contribution in [1.82, 2.24) is 30.3 Å². The van der Waals surface area contributed by atoms with E-state index in [0.29, 0.717) is 47.5 Å². The van der Waals surface area contributed by atoms with Crippen LogP contribution in [0.25, 0.3) is 10.9 Å². The van der Waals surface area contributed by atoms with Crippen molar-refractivity contribution in [2.75, 3.05) is 49.1 Å². The number of aromatic nitrogens is 3. The quantitative estimate of drug-likeness (QED) is 0.195. The number of anilines is 2. The molecular formula is C41H46Cl2FN9O4. The predicted octanol–water partition coefficient (Wildman–Crippen LogP) is 6.45. The van der Waals surface area contributed by atoms with Gasteiger partial charge in [-0.2, -0.15) is 5.26 Å². The van der Waals surface area contributed by atoms with Crippen molar-refractivity contribution in [1.29, 1.82) is 5.26 Å². The molecule has 4 aromatic rings. The molecule has 300 valence electrons. The van der Waals surface area contributed by atoms with Crippen molar-refractivity contribution in [3.8, 4) is 11.8 Å². The summed E-state index contributed by atoms with van der Waals surface area (Å²) >= 11 is 6.14. The zero-order valence-corrected chi connectivity index (χ0v) is 33.1. The molecule has 2 atom stereocenters. The van der Waals surface area contributed by atoms with Crippen LogP contribution in [-0.4, -0.2) is 95.1 Å². The zero-order chi connectivity index (χ0) is 38.8. The monoisotopic (exact) mass is 817 g/mol. The van der Waals surface area contributed by atoms with Gasteiger partial charge in [0.1, 0.15) is 18.0 Å². The Bertz CT molecular complexity index is 2130. The molecule has 1 aliphatic carbocycles. The fourth-order valence-corrected chi connectivity index (χ4v) is 8.90. The predicted molar refractivity (Wildman–Crippen MR) is 217 cm³/mol. The van der Waals surface area contributed by atoms with Crippen LogP contribution in [0.3, 0.4) is 0 Å². The molecule has 13 nitrogen and oxygen atoms in total. The minimum atomic E-state index is -1.03. The van der Waals surface area contributed by atoms with Crippen LogP contribution in [-0.2, 0) is 4.79 Å². The van der Waals surface area contributed by atoms with E-state index >= 15 is 4.39 Å². The number of hydrogen-bond acceptors (Lipinski definition) is 9. The van der Waals surface area contributed by atoms with E-state index in [0.717, 1.165) is 87.1 Å². The van der Waals surface area contributed by atoms with Gasteiger partial charge in [-0.3, -0.25) is 19.8 Å². The maximum atomic E-state index is 15.9. The number of likely N-dealkylation sites (tertiary alicyclic amines) is 1. The first-order valence-corrected chi connectivity index (χ1v) is 19.9. The van der Waals surface area contributed by atoms with E-state index in [4.69, 9.17) is 21.6 Å². The van der Waals surface area contributed by atoms with Crippen molar-refractivity contribution in [3.05, 3.63) is 77.1 Å². The van der Waals surface area contributed by atoms with Crippen LogP contribution < -0.4 is 25.2 Å². The molecule has 0 spiro atoms. The number of halogens is 3. The van der Waals surface area contributed by atoms with Gasteiger partial charge in [-0.25, -0.2) is 9.18 Å². The molecule has 3 aliphatic heterocycles. The molecule has 4 fully saturated rings. The van der Waals surface area contributed by atoms with Crippen molar-refractivity contribution in [2.24, 2.45) is 5.92 Å². The minimum absolute atomic E-state index is 0. The molecule has 2 N–H and O–H groups in total. The molecule has 16 heteroatoms. The molecule has 4 aliphatic rings. The second kappa shape index (κ2) is 17.7. The lowest BCUT2D eigenvalue weighted by Gasteiger charge is -2.39. The highest BCUT2D eigenvalue weighted by molar-refractivity contribution is 6.31. The number of carbonyl (C=O) groups excluding carboxylic acids is 3. The van der Waals surface area contributed by atoms with Crippen LogP contribution in [0.4, 0.5) is 20.7 Å². The Balaban J connectivity index is 0.00000496. The van der Waals surface area contributed by atoms with E-state index in [1.165, 1.54) is 0 Å². The van der Waals surface area contributed by atoms with Gasteiger partial charge in [-0.1, -0.05) is 17.7 Å². The fourth-order valence-electron chi connectivity index (χ4n) is 8.69. The van der Waals surface area contributed by atoms with Crippen molar-refractivity contribution in [2.45, 2.75) is 75.7 Å². The van der Waals surface area contributed by atoms with Gasteiger partial charge >= 0.3 is 6.03 Å². The van der Waals surface area contributed by atoms with Crippen molar-refractivity contribution in [3.63, 3.8) is 0 Å². The average molecular weight is 819 g/mol. The Labute approximate surface area is 341 Å². The number of amides is 4. The van der Waals surface area contributed by atoms with Gasteiger partial charge in [-0.15, -0.1) is 22.6 Å². The van der Waals surface area contributed by atoms with E-state index in [1.807, 2.05) is 41.1 Å². The largest absolute Gasteiger partial charge is 0.490 e. The number of nitriles is 1. The number of imide groups is 1. The lowest BCUT2D eigenvalue weighted by atomic mass is 9.92. The van der Waals surface area contributed by atoms with E-state index in [1.54, 1.807) is 29.2 Å². The van der Waals surface area contributed by atoms with Gasteiger partial charge in [-0.05, 0) is 93.3 Å². The molecular weight excluding hydrogens is 772 g/mol. The summed E-state index contributed by atoms with van der Waals surface area (Å²) < 4.78 is 24.0. The standard InChI is InChI=1S/C41H45ClFN9O4.ClH/c42-32-22-30(7-4-27(32)23-44)56-29-8-5-28(6-9-29)45-40(54)34-10-11-38(48-47-34)50-18-12-26(13-19-50)24-49-17-15-37(33(43)25-49)51-20-14-31-35(51)2-1-3-36(31)52-21-16-39(53)46-41(52)55;/h1-4,7,10-11,14,20,22,26,28-29,33,37H,5-6,8-9,12-13,15-19,21,24-25H2,(H,45,54)(H,46,53,55);1H/t28?,29?,33-,37-;/m1./s1. The van der Waals surface area contributed by atoms with Gasteiger partial charge in [0.05, 0.1) is 33.9 Å². The number of urea groups is 1. The van der Waals surface area contributed by atoms with Crippen LogP contribution in [0, 0.1) is 17.2 Å². The molecule has 0 unspecified atom stereocenters. The number of fused-ring (bicyclic) bond motifs is 1. The number of alkyl halides is 1. The molecule has 3 saturated heterocycles. The third kappa shape index (κ3) is 8.96. The van der Waals surface area contributed by atoms with Gasteiger partial charge in [0.25, 0.3) is 5.91 Å². The fraction of sp³-hybridized carbons (Fsp3) is 0.463. The Morgan fingerprint density at radius 1 is 0.982 bits per heavy atom. The Morgan fingerprint density at radius 2 is 1.79 bits per heavy atom. The summed E-state index contributed by atoms with van der Waals surface area (Å²) in [4.78, 5) is 43.3. The minimum Gasteiger partial charge on any atom is -0.490 e. The molecule has 8 rings (SSSR count). The second-order valence-corrected chi connectivity index (χ2v) is 15.8. The van der Waals surface area contributed by atoms with Crippen molar-refractivity contribution < 1.29 is 23.5 Å². The van der Waals surface area contributed by atoms with E-state index in [9.17, 15) is 14.4 Å². The molecule has 0 bridgehead atoms. The highest BCUT2D eigenvalue weighted by atomic mass is 35.5. The van der Waals surface area contributed by atoms with Gasteiger partial charge in [0.2, 0.25) is 5.91 Å². The van der Waals surface area contributed by atoms with Gasteiger partial charge in [0, 0.05) is 69.4 Å². The lowest BCUT2D eigenvalue weighted by molar-refractivity contribution is -0.120. The number of ether oxygens (including phenoxy) is 1. The Hall–Kier alpha value is -4.97. The summed E-state index contributed by atoms with van der Waals surface area (Å²) in [6.07, 6.45) is 6.91. The molecule has 57 heavy (non-hydrogen) atoms. The number of benzene rings is 2. The summed E-state index contributed by atoms with van der Waals surface area (Å²) in [6.45, 7) is 3.99. The SMILES string of the molecule is Cl.N#Cc1ccc(OC2CCC(NC(=O)c3ccc(N4CCC(CN5CC[C@@H](n6ccc7c(N8CCC(=O)NC8=O)cccc76)[C@H](F)C5)CC4)nn3)CC2)cc1Cl. The number of rotatable bonds is 9. The highest BCUT2D eigenvalue weighted by Gasteiger charge is 2.34. The van der Waals surface area contributed by atoms with Gasteiger partial charge < -0.3 is 24.4 Å². The number of hydrogen-bond donors (Lipinski definition) is 2. The Kier molecular flexibility index (Phi) is 12.5. The van der Waals surface area contributed by atoms with Crippen LogP contribution in [0.2, 0.25) is 5.02 Å². The highest BCUT2D eigenvalue weighted by Crippen LogP contribution is 2.35. The summed E-state index contributed by atoms with van der Waals surface area (Å²) in [5.74, 6) is 1.33. The zero-order valence-electron chi connectivity index (χ0n) is 31.5. The number of piperidine rings is 2. The summed E-state index contributed by atoms with van der Waals surface area (Å²) in [5.41, 5.74) is 2.31. The molecule has 1 saturated carbocycles. The number of carbonyl (C=O) groups is 3. The maximum Gasteiger partial charge on any atom is 0.328 e. The van der Waals surface area contributed by atoms with Gasteiger partial charge in [0.15, 0.2) is 11.5 Å². The topological polar surface area (TPSA) is 149 Å². The number of nitrogens with zero attached hydrogens (tertiary/aromatic N) is 7. The molecule has 0 radical (unpaired) electrons. The number of nitrogens with one attached hydrogen (secondary N) is 2. The van der Waals surface area contributed by atoms with E-state index < -0.39 is 12.2 Å². The van der Waals surface area contributed by atoms with Crippen LogP contribution in [0.5, 0.6) is 5.75 Å². The summed E-state index contributed by atoms with van der Waals surface area (Å²) in [6, 6.07) is 17.7. The summed E-state index contributed by atoms with van der Waals surface area (Å²) in [5, 5.41) is 24.5. The normalized spacial score (nSPS) is 23.4. The maximum absolute atomic E-state index is 15.9. The van der Waals surface area contributed by atoms with Crippen molar-refractivity contribution >= 4 is 64.3 Å². The lowest BCUT2D eigenvalue weighted by Crippen LogP contribution is -2.49.